The van der Waals surface area contributed by atoms with Crippen LogP contribution in [-0.2, 0) is 11.2 Å². The van der Waals surface area contributed by atoms with E-state index in [0.29, 0.717) is 12.5 Å². The predicted molar refractivity (Wildman–Crippen MR) is 101 cm³/mol. The molecule has 0 spiro atoms. The van der Waals surface area contributed by atoms with Crippen molar-refractivity contribution in [1.82, 2.24) is 14.9 Å². The average Bonchev–Trinajstić information content (AvgIpc) is 2.73. The molecule has 1 N–H and O–H groups in total. The molecule has 1 saturated heterocycles. The molecule has 3 heterocycles. The van der Waals surface area contributed by atoms with E-state index in [1.165, 1.54) is 6.33 Å². The number of aromatic nitrogens is 2. The average molecular weight is 368 g/mol. The second-order valence-corrected chi connectivity index (χ2v) is 7.01. The van der Waals surface area contributed by atoms with Gasteiger partial charge in [-0.25, -0.2) is 9.97 Å². The minimum Gasteiger partial charge on any atom is -0.492 e. The van der Waals surface area contributed by atoms with Gasteiger partial charge in [-0.05, 0) is 30.9 Å². The number of ether oxygens (including phenoxy) is 2. The summed E-state index contributed by atoms with van der Waals surface area (Å²) < 4.78 is 10.9. The number of rotatable bonds is 4. The van der Waals surface area contributed by atoms with Crippen LogP contribution in [0.1, 0.15) is 18.4 Å². The van der Waals surface area contributed by atoms with Gasteiger partial charge in [-0.15, -0.1) is 0 Å². The largest absolute Gasteiger partial charge is 0.492 e. The molecule has 0 bridgehead atoms. The minimum absolute atomic E-state index is 0.0875. The number of hydrogen-bond donors (Lipinski definition) is 1. The van der Waals surface area contributed by atoms with Crippen LogP contribution in [-0.4, -0.2) is 53.6 Å². The zero-order valence-electron chi connectivity index (χ0n) is 15.4. The molecule has 7 nitrogen and oxygen atoms in total. The normalized spacial score (nSPS) is 19.7. The molecule has 2 aliphatic rings. The number of nitrogens with zero attached hydrogens (tertiary/aromatic N) is 3. The van der Waals surface area contributed by atoms with Crippen LogP contribution in [0.15, 0.2) is 36.7 Å². The fourth-order valence-corrected chi connectivity index (χ4v) is 3.73. The molecular formula is C20H24N4O3. The van der Waals surface area contributed by atoms with Crippen LogP contribution >= 0.6 is 0 Å². The SMILES string of the molecule is COc1cc(NC2CCN(C(=O)C3COc4ccccc4C3)CC2)ncn1. The van der Waals surface area contributed by atoms with Crippen molar-refractivity contribution >= 4 is 11.7 Å². The van der Waals surface area contributed by atoms with Gasteiger partial charge in [-0.1, -0.05) is 18.2 Å². The van der Waals surface area contributed by atoms with E-state index in [-0.39, 0.29) is 17.9 Å². The number of likely N-dealkylation sites (tertiary alicyclic amines) is 1. The van der Waals surface area contributed by atoms with Gasteiger partial charge in [0, 0.05) is 25.2 Å². The first-order chi connectivity index (χ1) is 13.2. The number of fused-ring (bicyclic) bond motifs is 1. The van der Waals surface area contributed by atoms with Gasteiger partial charge in [0.15, 0.2) is 0 Å². The number of carbonyl (C=O) groups is 1. The lowest BCUT2D eigenvalue weighted by Crippen LogP contribution is -2.47. The summed E-state index contributed by atoms with van der Waals surface area (Å²) in [5.74, 6) is 2.31. The number of hydrogen-bond acceptors (Lipinski definition) is 6. The highest BCUT2D eigenvalue weighted by atomic mass is 16.5. The molecule has 7 heteroatoms. The summed E-state index contributed by atoms with van der Waals surface area (Å²) in [6, 6.07) is 10.0. The van der Waals surface area contributed by atoms with Crippen LogP contribution < -0.4 is 14.8 Å². The first-order valence-electron chi connectivity index (χ1n) is 9.35. The molecule has 2 aromatic rings. The molecule has 0 radical (unpaired) electrons. The van der Waals surface area contributed by atoms with E-state index in [4.69, 9.17) is 9.47 Å². The van der Waals surface area contributed by atoms with E-state index < -0.39 is 0 Å². The van der Waals surface area contributed by atoms with Gasteiger partial charge in [0.1, 0.15) is 24.5 Å². The van der Waals surface area contributed by atoms with Crippen LogP contribution in [0.3, 0.4) is 0 Å². The maximum atomic E-state index is 12.9. The summed E-state index contributed by atoms with van der Waals surface area (Å²) in [4.78, 5) is 23.1. The molecule has 4 rings (SSSR count). The molecule has 2 aliphatic heterocycles. The van der Waals surface area contributed by atoms with E-state index in [1.54, 1.807) is 13.2 Å². The number of anilines is 1. The Labute approximate surface area is 158 Å². The first kappa shape index (κ1) is 17.6. The van der Waals surface area contributed by atoms with Crippen molar-refractivity contribution in [1.29, 1.82) is 0 Å². The number of piperidine rings is 1. The zero-order valence-corrected chi connectivity index (χ0v) is 15.4. The van der Waals surface area contributed by atoms with Crippen molar-refractivity contribution < 1.29 is 14.3 Å². The second-order valence-electron chi connectivity index (χ2n) is 7.01. The Bertz CT molecular complexity index is 805. The highest BCUT2D eigenvalue weighted by Gasteiger charge is 2.31. The lowest BCUT2D eigenvalue weighted by Gasteiger charge is -2.35. The van der Waals surface area contributed by atoms with Gasteiger partial charge in [-0.3, -0.25) is 4.79 Å². The maximum Gasteiger partial charge on any atom is 0.229 e. The second kappa shape index (κ2) is 7.82. The Morgan fingerprint density at radius 2 is 2.07 bits per heavy atom. The van der Waals surface area contributed by atoms with Crippen LogP contribution in [0, 0.1) is 5.92 Å². The van der Waals surface area contributed by atoms with Gasteiger partial charge >= 0.3 is 0 Å². The minimum atomic E-state index is -0.0875. The lowest BCUT2D eigenvalue weighted by atomic mass is 9.94. The number of amides is 1. The fourth-order valence-electron chi connectivity index (χ4n) is 3.73. The molecule has 1 atom stereocenters. The Morgan fingerprint density at radius 1 is 1.26 bits per heavy atom. The lowest BCUT2D eigenvalue weighted by molar-refractivity contribution is -0.137. The van der Waals surface area contributed by atoms with Gasteiger partial charge in [0.25, 0.3) is 0 Å². The molecule has 1 aromatic carbocycles. The third-order valence-electron chi connectivity index (χ3n) is 5.24. The van der Waals surface area contributed by atoms with E-state index >= 15 is 0 Å². The van der Waals surface area contributed by atoms with E-state index in [2.05, 4.69) is 15.3 Å². The molecular weight excluding hydrogens is 344 g/mol. The molecule has 1 unspecified atom stereocenters. The maximum absolute atomic E-state index is 12.9. The van der Waals surface area contributed by atoms with Crippen LogP contribution in [0.25, 0.3) is 0 Å². The summed E-state index contributed by atoms with van der Waals surface area (Å²) in [7, 11) is 1.59. The third kappa shape index (κ3) is 3.97. The third-order valence-corrected chi connectivity index (χ3v) is 5.24. The van der Waals surface area contributed by atoms with E-state index in [1.807, 2.05) is 29.2 Å². The first-order valence-corrected chi connectivity index (χ1v) is 9.35. The molecule has 142 valence electrons. The van der Waals surface area contributed by atoms with Gasteiger partial charge in [0.05, 0.1) is 13.0 Å². The Balaban J connectivity index is 1.31. The Morgan fingerprint density at radius 3 is 2.89 bits per heavy atom. The summed E-state index contributed by atoms with van der Waals surface area (Å²) in [5.41, 5.74) is 1.12. The summed E-state index contributed by atoms with van der Waals surface area (Å²) >= 11 is 0. The van der Waals surface area contributed by atoms with Crippen molar-refractivity contribution in [3.8, 4) is 11.6 Å². The highest BCUT2D eigenvalue weighted by molar-refractivity contribution is 5.80. The number of para-hydroxylation sites is 1. The highest BCUT2D eigenvalue weighted by Crippen LogP contribution is 2.28. The number of methoxy groups -OCH3 is 1. The van der Waals surface area contributed by atoms with Crippen molar-refractivity contribution in [3.05, 3.63) is 42.2 Å². The Hall–Kier alpha value is -2.83. The molecule has 1 amide bonds. The zero-order chi connectivity index (χ0) is 18.6. The van der Waals surface area contributed by atoms with Crippen molar-refractivity contribution in [2.75, 3.05) is 32.1 Å². The van der Waals surface area contributed by atoms with Gasteiger partial charge in [0.2, 0.25) is 11.8 Å². The Kier molecular flexibility index (Phi) is 5.09. The molecule has 27 heavy (non-hydrogen) atoms. The number of nitrogens with one attached hydrogen (secondary N) is 1. The van der Waals surface area contributed by atoms with E-state index in [0.717, 1.165) is 49.5 Å². The topological polar surface area (TPSA) is 76.6 Å². The van der Waals surface area contributed by atoms with Crippen molar-refractivity contribution in [2.24, 2.45) is 5.92 Å². The smallest absolute Gasteiger partial charge is 0.229 e. The quantitative estimate of drug-likeness (QED) is 0.891. The summed E-state index contributed by atoms with van der Waals surface area (Å²) in [6.07, 6.45) is 4.03. The molecule has 1 fully saturated rings. The van der Waals surface area contributed by atoms with Crippen LogP contribution in [0.4, 0.5) is 5.82 Å². The van der Waals surface area contributed by atoms with E-state index in [9.17, 15) is 4.79 Å². The van der Waals surface area contributed by atoms with Crippen LogP contribution in [0.5, 0.6) is 11.6 Å². The van der Waals surface area contributed by atoms with Gasteiger partial charge in [-0.2, -0.15) is 0 Å². The van der Waals surface area contributed by atoms with Gasteiger partial charge < -0.3 is 19.7 Å². The number of carbonyl (C=O) groups excluding carboxylic acids is 1. The predicted octanol–water partition coefficient (Wildman–Crippen LogP) is 2.14. The number of benzene rings is 1. The molecule has 0 saturated carbocycles. The molecule has 0 aliphatic carbocycles. The fraction of sp³-hybridized carbons (Fsp3) is 0.450. The monoisotopic (exact) mass is 368 g/mol. The molecule has 1 aromatic heterocycles. The van der Waals surface area contributed by atoms with Crippen molar-refractivity contribution in [2.45, 2.75) is 25.3 Å². The van der Waals surface area contributed by atoms with Crippen molar-refractivity contribution in [3.63, 3.8) is 0 Å². The summed E-state index contributed by atoms with van der Waals surface area (Å²) in [5, 5.41) is 3.41. The standard InChI is InChI=1S/C20H24N4O3/c1-26-19-11-18(21-13-22-19)23-16-6-8-24(9-7-16)20(25)15-10-14-4-2-3-5-17(14)27-12-15/h2-5,11,13,15-16H,6-10,12H2,1H3,(H,21,22,23). The van der Waals surface area contributed by atoms with Crippen LogP contribution in [0.2, 0.25) is 0 Å². The summed E-state index contributed by atoms with van der Waals surface area (Å²) in [6.45, 7) is 1.96.